The van der Waals surface area contributed by atoms with Crippen LogP contribution in [-0.4, -0.2) is 12.3 Å². The molecule has 1 aliphatic carbocycles. The van der Waals surface area contributed by atoms with Crippen molar-refractivity contribution in [3.8, 4) is 0 Å². The molecule has 6 aromatic carbocycles. The molecule has 4 nitrogen and oxygen atoms in total. The van der Waals surface area contributed by atoms with E-state index in [1.807, 2.05) is 0 Å². The second-order valence-electron chi connectivity index (χ2n) is 21.0. The molecular formula is C63H70BN3O. The number of furan rings is 1. The van der Waals surface area contributed by atoms with E-state index in [1.54, 1.807) is 0 Å². The molecule has 7 aromatic rings. The van der Waals surface area contributed by atoms with Gasteiger partial charge in [-0.1, -0.05) is 158 Å². The largest absolute Gasteiger partial charge is 0.440 e. The number of hydrogen-bond donors (Lipinski definition) is 0. The van der Waals surface area contributed by atoms with Gasteiger partial charge in [0.2, 0.25) is 5.88 Å². The Morgan fingerprint density at radius 1 is 0.691 bits per heavy atom. The summed E-state index contributed by atoms with van der Waals surface area (Å²) in [5.41, 5.74) is 18.2. The summed E-state index contributed by atoms with van der Waals surface area (Å²) in [5, 5.41) is 1.23. The van der Waals surface area contributed by atoms with Gasteiger partial charge in [-0.25, -0.2) is 0 Å². The van der Waals surface area contributed by atoms with Crippen LogP contribution in [0, 0.1) is 0 Å². The molecule has 0 saturated carbocycles. The smallest absolute Gasteiger partial charge is 0.257 e. The van der Waals surface area contributed by atoms with E-state index >= 15 is 0 Å². The van der Waals surface area contributed by atoms with Gasteiger partial charge in [-0.15, -0.1) is 0 Å². The van der Waals surface area contributed by atoms with E-state index in [2.05, 4.69) is 222 Å². The number of aryl methyl sites for hydroxylation is 1. The predicted molar refractivity (Wildman–Crippen MR) is 294 cm³/mol. The molecule has 3 heterocycles. The van der Waals surface area contributed by atoms with Gasteiger partial charge in [0.05, 0.1) is 11.2 Å². The first-order chi connectivity index (χ1) is 33.0. The first kappa shape index (κ1) is 45.6. The average Bonchev–Trinajstić information content (AvgIpc) is 3.73. The van der Waals surface area contributed by atoms with Crippen LogP contribution >= 0.6 is 0 Å². The lowest BCUT2D eigenvalue weighted by Crippen LogP contribution is -2.64. The summed E-state index contributed by atoms with van der Waals surface area (Å²) in [6, 6.07) is 50.7. The van der Waals surface area contributed by atoms with Gasteiger partial charge in [-0.3, -0.25) is 4.90 Å². The number of para-hydroxylation sites is 2. The van der Waals surface area contributed by atoms with Crippen LogP contribution in [0.15, 0.2) is 162 Å². The Hall–Kier alpha value is -6.20. The minimum Gasteiger partial charge on any atom is -0.440 e. The molecule has 10 rings (SSSR count). The quantitative estimate of drug-likeness (QED) is 0.0957. The van der Waals surface area contributed by atoms with Crippen LogP contribution in [0.5, 0.6) is 0 Å². The monoisotopic (exact) mass is 896 g/mol. The fraction of sp³-hybridized carbons (Fsp3) is 0.333. The summed E-state index contributed by atoms with van der Waals surface area (Å²) in [6.07, 6.45) is 18.8. The summed E-state index contributed by atoms with van der Waals surface area (Å²) in [4.78, 5) is 7.65. The standard InChI is InChI=1S/C63H70BN3O/c1-9-13-22-44-28-32-51(33-29-44)66-56-42-52(65(49-24-17-15-18-25-49)50-26-19-16-20-27-50)43-57-60(56)64(59-53-40-47(46(12-4)21-11-3)30-35-58(53)68-61(59)66)54-41-48(62(5,6)7)31-34-55(54)67(57)63(8)38-36-45(37-39-63)23-14-10-2/h15-20,24-38,40-43,46H,9-14,21-23,39H2,1-8H3. The molecule has 3 aliphatic rings. The molecule has 2 aliphatic heterocycles. The molecule has 2 atom stereocenters. The summed E-state index contributed by atoms with van der Waals surface area (Å²) < 4.78 is 7.40. The van der Waals surface area contributed by atoms with E-state index in [1.165, 1.54) is 87.5 Å². The van der Waals surface area contributed by atoms with Gasteiger partial charge in [0.1, 0.15) is 5.58 Å². The molecule has 5 heteroatoms. The maximum Gasteiger partial charge on any atom is 0.257 e. The van der Waals surface area contributed by atoms with Crippen LogP contribution in [0.2, 0.25) is 0 Å². The van der Waals surface area contributed by atoms with Crippen LogP contribution in [0.4, 0.5) is 45.7 Å². The lowest BCUT2D eigenvalue weighted by molar-refractivity contribution is 0.564. The molecular weight excluding hydrogens is 826 g/mol. The molecule has 1 aromatic heterocycles. The summed E-state index contributed by atoms with van der Waals surface area (Å²) in [6.45, 7) is 18.7. The average molecular weight is 896 g/mol. The van der Waals surface area contributed by atoms with Crippen molar-refractivity contribution < 1.29 is 4.42 Å². The molecule has 0 fully saturated rings. The highest BCUT2D eigenvalue weighted by Crippen LogP contribution is 2.50. The Morgan fingerprint density at radius 3 is 2.01 bits per heavy atom. The Balaban J connectivity index is 1.32. The first-order valence-electron chi connectivity index (χ1n) is 25.9. The number of benzene rings is 6. The van der Waals surface area contributed by atoms with Gasteiger partial charge in [0.15, 0.2) is 0 Å². The lowest BCUT2D eigenvalue weighted by Gasteiger charge is -2.50. The molecule has 0 saturated heterocycles. The van der Waals surface area contributed by atoms with Crippen molar-refractivity contribution in [2.24, 2.45) is 0 Å². The molecule has 0 radical (unpaired) electrons. The number of anilines is 8. The van der Waals surface area contributed by atoms with E-state index in [4.69, 9.17) is 4.42 Å². The minimum absolute atomic E-state index is 0.0482. The molecule has 0 spiro atoms. The fourth-order valence-corrected chi connectivity index (χ4v) is 11.4. The maximum absolute atomic E-state index is 7.40. The first-order valence-corrected chi connectivity index (χ1v) is 25.9. The van der Waals surface area contributed by atoms with E-state index in [0.29, 0.717) is 5.92 Å². The zero-order valence-electron chi connectivity index (χ0n) is 41.9. The number of allylic oxidation sites excluding steroid dienone is 2. The highest BCUT2D eigenvalue weighted by molar-refractivity contribution is 7.01. The highest BCUT2D eigenvalue weighted by Gasteiger charge is 2.49. The fourth-order valence-electron chi connectivity index (χ4n) is 11.4. The highest BCUT2D eigenvalue weighted by atomic mass is 16.4. The number of unbranched alkanes of at least 4 members (excludes halogenated alkanes) is 2. The number of hydrogen-bond acceptors (Lipinski definition) is 4. The third kappa shape index (κ3) is 8.20. The Labute approximate surface area is 407 Å². The molecule has 2 unspecified atom stereocenters. The van der Waals surface area contributed by atoms with E-state index in [-0.39, 0.29) is 17.7 Å². The van der Waals surface area contributed by atoms with Crippen molar-refractivity contribution in [2.75, 3.05) is 14.7 Å². The second-order valence-corrected chi connectivity index (χ2v) is 21.0. The molecule has 346 valence electrons. The van der Waals surface area contributed by atoms with Gasteiger partial charge < -0.3 is 14.2 Å². The number of fused-ring (bicyclic) bond motifs is 6. The third-order valence-corrected chi connectivity index (χ3v) is 15.2. The van der Waals surface area contributed by atoms with E-state index in [9.17, 15) is 0 Å². The third-order valence-electron chi connectivity index (χ3n) is 15.2. The lowest BCUT2D eigenvalue weighted by atomic mass is 9.33. The molecule has 68 heavy (non-hydrogen) atoms. The molecule has 0 bridgehead atoms. The Bertz CT molecular complexity index is 2940. The predicted octanol–water partition coefficient (Wildman–Crippen LogP) is 16.4. The number of nitrogens with zero attached hydrogens (tertiary/aromatic N) is 3. The second kappa shape index (κ2) is 18.7. The van der Waals surface area contributed by atoms with E-state index < -0.39 is 0 Å². The van der Waals surface area contributed by atoms with Crippen molar-refractivity contribution in [1.82, 2.24) is 0 Å². The van der Waals surface area contributed by atoms with Crippen LogP contribution in [0.3, 0.4) is 0 Å². The van der Waals surface area contributed by atoms with Gasteiger partial charge in [-0.2, -0.15) is 0 Å². The number of rotatable bonds is 15. The van der Waals surface area contributed by atoms with Crippen LogP contribution in [0.1, 0.15) is 136 Å². The molecule has 0 amide bonds. The topological polar surface area (TPSA) is 22.9 Å². The minimum atomic E-state index is -0.346. The summed E-state index contributed by atoms with van der Waals surface area (Å²) in [7, 11) is 0. The van der Waals surface area contributed by atoms with Crippen molar-refractivity contribution in [3.05, 3.63) is 174 Å². The molecule has 0 N–H and O–H groups in total. The normalized spacial score (nSPS) is 16.6. The maximum atomic E-state index is 7.40. The Kier molecular flexibility index (Phi) is 12.5. The SMILES string of the molecule is CCCCC1=CCC(C)(N2c3ccc(C(C)(C)C)cc3B3c4c(cc(N(c5ccccc5)c5ccccc5)cc42)N(c2ccc(CCCC)cc2)c2oc4ccc(C(CC)CCC)cc4c23)C=C1. The van der Waals surface area contributed by atoms with Gasteiger partial charge in [0, 0.05) is 45.0 Å². The summed E-state index contributed by atoms with van der Waals surface area (Å²) >= 11 is 0. The van der Waals surface area contributed by atoms with Gasteiger partial charge >= 0.3 is 0 Å². The van der Waals surface area contributed by atoms with Crippen LogP contribution < -0.4 is 31.1 Å². The van der Waals surface area contributed by atoms with E-state index in [0.717, 1.165) is 72.0 Å². The van der Waals surface area contributed by atoms with Crippen LogP contribution in [-0.2, 0) is 11.8 Å². The van der Waals surface area contributed by atoms with Crippen molar-refractivity contribution in [2.45, 2.75) is 136 Å². The van der Waals surface area contributed by atoms with Gasteiger partial charge in [-0.05, 0) is 158 Å². The van der Waals surface area contributed by atoms with Crippen molar-refractivity contribution in [1.29, 1.82) is 0 Å². The Morgan fingerprint density at radius 2 is 1.38 bits per heavy atom. The van der Waals surface area contributed by atoms with Crippen LogP contribution in [0.25, 0.3) is 11.0 Å². The zero-order chi connectivity index (χ0) is 47.2. The summed E-state index contributed by atoms with van der Waals surface area (Å²) in [5.74, 6) is 1.41. The zero-order valence-corrected chi connectivity index (χ0v) is 41.9. The van der Waals surface area contributed by atoms with Gasteiger partial charge in [0.25, 0.3) is 6.71 Å². The van der Waals surface area contributed by atoms with Crippen molar-refractivity contribution in [3.63, 3.8) is 0 Å². The van der Waals surface area contributed by atoms with Crippen molar-refractivity contribution >= 4 is 79.8 Å².